The highest BCUT2D eigenvalue weighted by Gasteiger charge is 2.06. The molecule has 1 atom stereocenters. The first-order chi connectivity index (χ1) is 7.25. The van der Waals surface area contributed by atoms with Crippen LogP contribution in [-0.2, 0) is 0 Å². The molecule has 0 spiro atoms. The minimum atomic E-state index is 0.223. The maximum Gasteiger partial charge on any atom is 0.147 e. The lowest BCUT2D eigenvalue weighted by Gasteiger charge is -2.12. The average molecular weight is 220 g/mol. The van der Waals surface area contributed by atoms with Gasteiger partial charge in [-0.1, -0.05) is 6.07 Å². The van der Waals surface area contributed by atoms with Gasteiger partial charge in [-0.15, -0.1) is 11.3 Å². The zero-order chi connectivity index (χ0) is 10.7. The third-order valence-corrected chi connectivity index (χ3v) is 3.04. The van der Waals surface area contributed by atoms with E-state index in [1.807, 2.05) is 6.07 Å². The molecular weight excluding hydrogens is 208 g/mol. The fourth-order valence-corrected chi connectivity index (χ4v) is 2.02. The van der Waals surface area contributed by atoms with Gasteiger partial charge >= 0.3 is 0 Å². The molecule has 15 heavy (non-hydrogen) atoms. The molecule has 1 unspecified atom stereocenters. The zero-order valence-electron chi connectivity index (χ0n) is 8.34. The second-order valence-electron chi connectivity index (χ2n) is 3.21. The van der Waals surface area contributed by atoms with Crippen molar-refractivity contribution < 1.29 is 0 Å². The van der Waals surface area contributed by atoms with Crippen LogP contribution in [-0.4, -0.2) is 9.97 Å². The molecule has 0 aliphatic heterocycles. The van der Waals surface area contributed by atoms with Gasteiger partial charge in [0.2, 0.25) is 0 Å². The van der Waals surface area contributed by atoms with Gasteiger partial charge < -0.3 is 11.1 Å². The van der Waals surface area contributed by atoms with E-state index in [1.54, 1.807) is 17.5 Å². The first-order valence-electron chi connectivity index (χ1n) is 4.63. The molecule has 0 aromatic carbocycles. The molecule has 0 amide bonds. The second kappa shape index (κ2) is 4.27. The van der Waals surface area contributed by atoms with Crippen molar-refractivity contribution >= 4 is 23.0 Å². The summed E-state index contributed by atoms with van der Waals surface area (Å²) < 4.78 is 0. The van der Waals surface area contributed by atoms with Crippen molar-refractivity contribution in [1.82, 2.24) is 9.97 Å². The van der Waals surface area contributed by atoms with Crippen molar-refractivity contribution in [2.75, 3.05) is 11.1 Å². The first-order valence-corrected chi connectivity index (χ1v) is 5.51. The van der Waals surface area contributed by atoms with E-state index in [0.29, 0.717) is 11.6 Å². The summed E-state index contributed by atoms with van der Waals surface area (Å²) in [4.78, 5) is 9.37. The van der Waals surface area contributed by atoms with E-state index in [-0.39, 0.29) is 6.04 Å². The molecule has 5 heteroatoms. The van der Waals surface area contributed by atoms with E-state index in [4.69, 9.17) is 5.73 Å². The van der Waals surface area contributed by atoms with Crippen molar-refractivity contribution in [2.45, 2.75) is 13.0 Å². The number of nitrogen functional groups attached to an aromatic ring is 1. The molecular formula is C10H12N4S. The summed E-state index contributed by atoms with van der Waals surface area (Å²) in [5.74, 6) is 1.13. The lowest BCUT2D eigenvalue weighted by Crippen LogP contribution is -2.07. The molecule has 2 heterocycles. The maximum atomic E-state index is 5.54. The Morgan fingerprint density at radius 1 is 1.47 bits per heavy atom. The third kappa shape index (κ3) is 2.44. The topological polar surface area (TPSA) is 63.8 Å². The second-order valence-corrected chi connectivity index (χ2v) is 4.19. The lowest BCUT2D eigenvalue weighted by atomic mass is 10.3. The SMILES string of the molecule is CC(Nc1cncc(N)n1)c1cccs1. The summed E-state index contributed by atoms with van der Waals surface area (Å²) in [6, 6.07) is 4.34. The Kier molecular flexibility index (Phi) is 2.82. The lowest BCUT2D eigenvalue weighted by molar-refractivity contribution is 0.893. The van der Waals surface area contributed by atoms with Crippen molar-refractivity contribution in [1.29, 1.82) is 0 Å². The summed E-state index contributed by atoms with van der Waals surface area (Å²) in [6.45, 7) is 2.08. The molecule has 0 aliphatic carbocycles. The Morgan fingerprint density at radius 3 is 3.00 bits per heavy atom. The number of nitrogens with zero attached hydrogens (tertiary/aromatic N) is 2. The summed E-state index contributed by atoms with van der Waals surface area (Å²) in [5, 5.41) is 5.30. The number of hydrogen-bond donors (Lipinski definition) is 2. The minimum absolute atomic E-state index is 0.223. The molecule has 0 saturated heterocycles. The molecule has 2 aromatic heterocycles. The van der Waals surface area contributed by atoms with Gasteiger partial charge in [0.05, 0.1) is 18.4 Å². The van der Waals surface area contributed by atoms with Gasteiger partial charge in [-0.3, -0.25) is 4.98 Å². The van der Waals surface area contributed by atoms with Gasteiger partial charge in [0, 0.05) is 4.88 Å². The minimum Gasteiger partial charge on any atom is -0.382 e. The van der Waals surface area contributed by atoms with Crippen LogP contribution < -0.4 is 11.1 Å². The van der Waals surface area contributed by atoms with Crippen LogP contribution in [0.1, 0.15) is 17.8 Å². The highest BCUT2D eigenvalue weighted by atomic mass is 32.1. The predicted molar refractivity (Wildman–Crippen MR) is 62.8 cm³/mol. The fourth-order valence-electron chi connectivity index (χ4n) is 1.28. The number of rotatable bonds is 3. The van der Waals surface area contributed by atoms with Crippen LogP contribution >= 0.6 is 11.3 Å². The van der Waals surface area contributed by atoms with Gasteiger partial charge in [-0.25, -0.2) is 4.98 Å². The van der Waals surface area contributed by atoms with E-state index >= 15 is 0 Å². The monoisotopic (exact) mass is 220 g/mol. The number of thiophene rings is 1. The van der Waals surface area contributed by atoms with Crippen molar-refractivity contribution in [2.24, 2.45) is 0 Å². The van der Waals surface area contributed by atoms with Gasteiger partial charge in [0.25, 0.3) is 0 Å². The van der Waals surface area contributed by atoms with Crippen LogP contribution in [0.15, 0.2) is 29.9 Å². The van der Waals surface area contributed by atoms with E-state index in [9.17, 15) is 0 Å². The van der Waals surface area contributed by atoms with Crippen molar-refractivity contribution in [3.8, 4) is 0 Å². The number of nitrogens with two attached hydrogens (primary N) is 1. The van der Waals surface area contributed by atoms with E-state index in [0.717, 1.165) is 0 Å². The summed E-state index contributed by atoms with van der Waals surface area (Å²) >= 11 is 1.71. The largest absolute Gasteiger partial charge is 0.382 e. The Morgan fingerprint density at radius 2 is 2.33 bits per heavy atom. The van der Waals surface area contributed by atoms with Crippen LogP contribution in [0.5, 0.6) is 0 Å². The van der Waals surface area contributed by atoms with Crippen LogP contribution in [0.2, 0.25) is 0 Å². The Bertz CT molecular complexity index is 427. The standard InChI is InChI=1S/C10H12N4S/c1-7(8-3-2-4-15-8)13-10-6-12-5-9(11)14-10/h2-7H,1H3,(H3,11,13,14). The number of nitrogens with one attached hydrogen (secondary N) is 1. The number of anilines is 2. The van der Waals surface area contributed by atoms with Crippen LogP contribution in [0.3, 0.4) is 0 Å². The zero-order valence-corrected chi connectivity index (χ0v) is 9.16. The van der Waals surface area contributed by atoms with Gasteiger partial charge in [-0.05, 0) is 18.4 Å². The molecule has 2 aromatic rings. The smallest absolute Gasteiger partial charge is 0.147 e. The normalized spacial score (nSPS) is 12.3. The molecule has 3 N–H and O–H groups in total. The third-order valence-electron chi connectivity index (χ3n) is 1.99. The molecule has 0 radical (unpaired) electrons. The molecule has 4 nitrogen and oxygen atoms in total. The van der Waals surface area contributed by atoms with Crippen LogP contribution in [0, 0.1) is 0 Å². The molecule has 0 fully saturated rings. The number of hydrogen-bond acceptors (Lipinski definition) is 5. The van der Waals surface area contributed by atoms with Gasteiger partial charge in [-0.2, -0.15) is 0 Å². The quantitative estimate of drug-likeness (QED) is 0.833. The predicted octanol–water partition coefficient (Wildman–Crippen LogP) is 2.29. The molecule has 2 rings (SSSR count). The van der Waals surface area contributed by atoms with Crippen molar-refractivity contribution in [3.63, 3.8) is 0 Å². The van der Waals surface area contributed by atoms with Crippen molar-refractivity contribution in [3.05, 3.63) is 34.8 Å². The van der Waals surface area contributed by atoms with E-state index in [2.05, 4.69) is 33.7 Å². The molecule has 78 valence electrons. The molecule has 0 saturated carbocycles. The van der Waals surface area contributed by atoms with E-state index in [1.165, 1.54) is 11.1 Å². The summed E-state index contributed by atoms with van der Waals surface area (Å²) in [6.07, 6.45) is 3.20. The Labute approximate surface area is 92.2 Å². The number of aromatic nitrogens is 2. The highest BCUT2D eigenvalue weighted by Crippen LogP contribution is 2.21. The summed E-state index contributed by atoms with van der Waals surface area (Å²) in [7, 11) is 0. The maximum absolute atomic E-state index is 5.54. The van der Waals surface area contributed by atoms with Crippen LogP contribution in [0.25, 0.3) is 0 Å². The molecule has 0 bridgehead atoms. The van der Waals surface area contributed by atoms with Gasteiger partial charge in [0.15, 0.2) is 0 Å². The Balaban J connectivity index is 2.09. The molecule has 0 aliphatic rings. The first kappa shape index (κ1) is 9.92. The highest BCUT2D eigenvalue weighted by molar-refractivity contribution is 7.10. The summed E-state index contributed by atoms with van der Waals surface area (Å²) in [5.41, 5.74) is 5.54. The fraction of sp³-hybridized carbons (Fsp3) is 0.200. The average Bonchev–Trinajstić information content (AvgIpc) is 2.70. The van der Waals surface area contributed by atoms with E-state index < -0.39 is 0 Å². The van der Waals surface area contributed by atoms with Crippen LogP contribution in [0.4, 0.5) is 11.6 Å². The Hall–Kier alpha value is -1.62. The van der Waals surface area contributed by atoms with Gasteiger partial charge in [0.1, 0.15) is 11.6 Å².